The third kappa shape index (κ3) is 7.79. The van der Waals surface area contributed by atoms with Crippen LogP contribution in [0, 0.1) is 0 Å². The average Bonchev–Trinajstić information content (AvgIpc) is 3.40. The molecule has 4 aromatic carbocycles. The number of sulfonamides is 1. The Morgan fingerprint density at radius 2 is 1.49 bits per heavy atom. The molecule has 0 aliphatic heterocycles. The zero-order chi connectivity index (χ0) is 29.4. The molecule has 0 bridgehead atoms. The number of nitrogen functional groups attached to an aromatic ring is 1. The lowest BCUT2D eigenvalue weighted by atomic mass is 10.1. The van der Waals surface area contributed by atoms with Crippen molar-refractivity contribution < 1.29 is 18.3 Å². The Labute approximate surface area is 247 Å². The molecule has 0 amide bonds. The van der Waals surface area contributed by atoms with Crippen LogP contribution in [0.3, 0.4) is 0 Å². The van der Waals surface area contributed by atoms with Crippen molar-refractivity contribution in [3.63, 3.8) is 0 Å². The molecule has 210 valence electrons. The first-order valence-electron chi connectivity index (χ1n) is 12.1. The second kappa shape index (κ2) is 13.2. The molecule has 0 saturated heterocycles. The molecule has 5 rings (SSSR count). The number of anilines is 4. The Bertz CT molecular complexity index is 1720. The quantitative estimate of drug-likeness (QED) is 0.145. The van der Waals surface area contributed by atoms with Crippen LogP contribution >= 0.6 is 23.2 Å². The van der Waals surface area contributed by atoms with E-state index in [9.17, 15) is 13.2 Å². The molecule has 5 aromatic rings. The average molecular weight is 611 g/mol. The maximum atomic E-state index is 12.4. The number of halogens is 2. The van der Waals surface area contributed by atoms with Gasteiger partial charge < -0.3 is 16.2 Å². The summed E-state index contributed by atoms with van der Waals surface area (Å²) in [6.07, 6.45) is 1.47. The number of carbonyl (C=O) groups is 1. The van der Waals surface area contributed by atoms with E-state index in [1.54, 1.807) is 54.6 Å². The lowest BCUT2D eigenvalue weighted by molar-refractivity contribution is -0.136. The van der Waals surface area contributed by atoms with Crippen molar-refractivity contribution in [2.75, 3.05) is 15.8 Å². The van der Waals surface area contributed by atoms with Gasteiger partial charge in [0.2, 0.25) is 0 Å². The van der Waals surface area contributed by atoms with Gasteiger partial charge in [-0.1, -0.05) is 65.7 Å². The lowest BCUT2D eigenvalue weighted by Gasteiger charge is -2.13. The van der Waals surface area contributed by atoms with E-state index in [0.717, 1.165) is 5.69 Å². The van der Waals surface area contributed by atoms with Gasteiger partial charge >= 0.3 is 5.97 Å². The maximum Gasteiger partial charge on any atom is 0.307 e. The Morgan fingerprint density at radius 1 is 0.854 bits per heavy atom. The molecule has 1 aromatic heterocycles. The van der Waals surface area contributed by atoms with Crippen molar-refractivity contribution in [3.05, 3.63) is 125 Å². The van der Waals surface area contributed by atoms with Gasteiger partial charge in [-0.05, 0) is 60.2 Å². The summed E-state index contributed by atoms with van der Waals surface area (Å²) in [5, 5.41) is 17.1. The summed E-state index contributed by atoms with van der Waals surface area (Å²) in [6, 6.07) is 29.2. The van der Waals surface area contributed by atoms with Crippen LogP contribution in [-0.4, -0.2) is 29.3 Å². The van der Waals surface area contributed by atoms with E-state index in [2.05, 4.69) is 15.1 Å². The lowest BCUT2D eigenvalue weighted by Crippen LogP contribution is -2.15. The molecule has 41 heavy (non-hydrogen) atoms. The minimum atomic E-state index is -3.70. The molecule has 0 spiro atoms. The fourth-order valence-electron chi connectivity index (χ4n) is 3.71. The van der Waals surface area contributed by atoms with Gasteiger partial charge in [-0.2, -0.15) is 5.10 Å². The second-order valence-corrected chi connectivity index (χ2v) is 11.1. The summed E-state index contributed by atoms with van der Waals surface area (Å²) < 4.78 is 28.9. The third-order valence-corrected chi connectivity index (χ3v) is 7.65. The van der Waals surface area contributed by atoms with E-state index in [4.69, 9.17) is 34.0 Å². The van der Waals surface area contributed by atoms with Gasteiger partial charge in [-0.25, -0.2) is 13.1 Å². The van der Waals surface area contributed by atoms with E-state index in [0.29, 0.717) is 38.5 Å². The molecule has 0 unspecified atom stereocenters. The number of hydrogen-bond acceptors (Lipinski definition) is 6. The molecule has 9 nitrogen and oxygen atoms in total. The van der Waals surface area contributed by atoms with Crippen LogP contribution in [0.2, 0.25) is 10.0 Å². The number of para-hydroxylation sites is 3. The molecule has 0 aliphatic carbocycles. The first kappa shape index (κ1) is 29.5. The van der Waals surface area contributed by atoms with Gasteiger partial charge in [0.1, 0.15) is 5.82 Å². The molecule has 0 aliphatic rings. The van der Waals surface area contributed by atoms with Gasteiger partial charge in [0, 0.05) is 17.4 Å². The summed E-state index contributed by atoms with van der Waals surface area (Å²) in [7, 11) is -3.70. The van der Waals surface area contributed by atoms with Crippen LogP contribution in [-0.2, 0) is 21.2 Å². The summed E-state index contributed by atoms with van der Waals surface area (Å²) in [5.74, 6) is -0.525. The fourth-order valence-corrected chi connectivity index (χ4v) is 5.24. The highest BCUT2D eigenvalue weighted by Crippen LogP contribution is 2.33. The SMILES string of the molecule is Nc1ccc(S(=O)(=O)Nc2ccnn2-c2ccccc2)cc1.O=C(O)Cc1ccccc1Nc1c(Cl)cccc1Cl. The van der Waals surface area contributed by atoms with Crippen LogP contribution < -0.4 is 15.8 Å². The number of aromatic nitrogens is 2. The molecule has 1 heterocycles. The highest BCUT2D eigenvalue weighted by molar-refractivity contribution is 7.92. The predicted molar refractivity (Wildman–Crippen MR) is 163 cm³/mol. The minimum absolute atomic E-state index is 0.0642. The largest absolute Gasteiger partial charge is 0.481 e. The first-order chi connectivity index (χ1) is 19.6. The molecule has 0 radical (unpaired) electrons. The van der Waals surface area contributed by atoms with E-state index in [-0.39, 0.29) is 11.3 Å². The number of hydrogen-bond donors (Lipinski definition) is 4. The Balaban J connectivity index is 0.000000191. The number of rotatable bonds is 8. The number of nitrogens with zero attached hydrogens (tertiary/aromatic N) is 2. The highest BCUT2D eigenvalue weighted by Gasteiger charge is 2.17. The molecule has 0 atom stereocenters. The van der Waals surface area contributed by atoms with Gasteiger partial charge in [-0.3, -0.25) is 9.52 Å². The molecule has 12 heteroatoms. The molecule has 0 fully saturated rings. The second-order valence-electron chi connectivity index (χ2n) is 8.59. The van der Waals surface area contributed by atoms with Gasteiger partial charge in [-0.15, -0.1) is 0 Å². The highest BCUT2D eigenvalue weighted by atomic mass is 35.5. The van der Waals surface area contributed by atoms with Gasteiger partial charge in [0.05, 0.1) is 38.9 Å². The Hall–Kier alpha value is -4.51. The zero-order valence-electron chi connectivity index (χ0n) is 21.4. The van der Waals surface area contributed by atoms with Crippen LogP contribution in [0.1, 0.15) is 5.56 Å². The van der Waals surface area contributed by atoms with Crippen LogP contribution in [0.15, 0.2) is 114 Å². The molecular formula is C29H25Cl2N5O4S. The van der Waals surface area contributed by atoms with Crippen LogP contribution in [0.4, 0.5) is 22.9 Å². The van der Waals surface area contributed by atoms with Crippen molar-refractivity contribution in [1.29, 1.82) is 0 Å². The van der Waals surface area contributed by atoms with Crippen molar-refractivity contribution in [3.8, 4) is 5.69 Å². The monoisotopic (exact) mass is 609 g/mol. The normalized spacial score (nSPS) is 10.8. The van der Waals surface area contributed by atoms with Crippen molar-refractivity contribution >= 4 is 62.1 Å². The summed E-state index contributed by atoms with van der Waals surface area (Å²) in [6.45, 7) is 0. The number of nitrogens with one attached hydrogen (secondary N) is 2. The minimum Gasteiger partial charge on any atom is -0.481 e. The number of aliphatic carboxylic acids is 1. The number of carboxylic acids is 1. The zero-order valence-corrected chi connectivity index (χ0v) is 23.7. The third-order valence-electron chi connectivity index (χ3n) is 5.65. The van der Waals surface area contributed by atoms with Crippen LogP contribution in [0.5, 0.6) is 0 Å². The topological polar surface area (TPSA) is 139 Å². The smallest absolute Gasteiger partial charge is 0.307 e. The first-order valence-corrected chi connectivity index (χ1v) is 14.4. The number of nitrogens with two attached hydrogens (primary N) is 1. The van der Waals surface area contributed by atoms with Crippen LogP contribution in [0.25, 0.3) is 5.69 Å². The number of carboxylic acid groups (broad SMARTS) is 1. The summed E-state index contributed by atoms with van der Waals surface area (Å²) in [5.41, 5.74) is 8.78. The van der Waals surface area contributed by atoms with E-state index in [1.807, 2.05) is 36.4 Å². The summed E-state index contributed by atoms with van der Waals surface area (Å²) in [4.78, 5) is 11.0. The number of benzene rings is 4. The van der Waals surface area contributed by atoms with Crippen molar-refractivity contribution in [1.82, 2.24) is 9.78 Å². The Morgan fingerprint density at radius 3 is 2.15 bits per heavy atom. The van der Waals surface area contributed by atoms with Gasteiger partial charge in [0.25, 0.3) is 10.0 Å². The van der Waals surface area contributed by atoms with Crippen molar-refractivity contribution in [2.45, 2.75) is 11.3 Å². The van der Waals surface area contributed by atoms with Crippen molar-refractivity contribution in [2.24, 2.45) is 0 Å². The Kier molecular flexibility index (Phi) is 9.51. The summed E-state index contributed by atoms with van der Waals surface area (Å²) >= 11 is 12.1. The molecular weight excluding hydrogens is 585 g/mol. The maximum absolute atomic E-state index is 12.4. The predicted octanol–water partition coefficient (Wildman–Crippen LogP) is 6.62. The molecule has 5 N–H and O–H groups in total. The van der Waals surface area contributed by atoms with Gasteiger partial charge in [0.15, 0.2) is 0 Å². The van der Waals surface area contributed by atoms with E-state index >= 15 is 0 Å². The molecule has 0 saturated carbocycles. The fraction of sp³-hybridized carbons (Fsp3) is 0.0345. The standard InChI is InChI=1S/C15H14N4O2S.C14H11Cl2NO2/c16-12-6-8-14(9-7-12)22(20,21)18-15-10-11-17-19(15)13-4-2-1-3-5-13;15-10-5-3-6-11(16)14(10)17-12-7-2-1-4-9(12)8-13(18)19/h1-11,18H,16H2;1-7,17H,8H2,(H,18,19). The van der Waals surface area contributed by atoms with E-state index < -0.39 is 16.0 Å². The van der Waals surface area contributed by atoms with E-state index in [1.165, 1.54) is 23.0 Å².